The van der Waals surface area contributed by atoms with E-state index >= 15 is 0 Å². The molecule has 0 aliphatic heterocycles. The van der Waals surface area contributed by atoms with Crippen molar-refractivity contribution in [1.82, 2.24) is 52.5 Å². The normalized spacial score (nSPS) is 12.2. The number of ether oxygens (including phenoxy) is 6. The highest BCUT2D eigenvalue weighted by Gasteiger charge is 2.28. The summed E-state index contributed by atoms with van der Waals surface area (Å²) in [7, 11) is 0. The SMILES string of the molecule is Cc1ccnc(NCCCC(=O)N[C@@H](COCCOCCOCCNC(=O)NCCCCNC(=O)NCCOCCOCCOC[C@H](NC(=O)CCCNc2cc(C)ccn2)C(=O)NC(CC(=O)O)c2ccc(-c3cccc4ccccc34)cc2)C(=O)NC(CC(=O)O)c2ccc(-c3cccc4ccccc34)cc2)c1. The summed E-state index contributed by atoms with van der Waals surface area (Å²) < 4.78 is 34.1. The average Bonchev–Trinajstić information content (AvgIpc) is 0.806. The van der Waals surface area contributed by atoms with Crippen LogP contribution < -0.4 is 53.2 Å². The lowest BCUT2D eigenvalue weighted by molar-refractivity contribution is -0.139. The van der Waals surface area contributed by atoms with Crippen molar-refractivity contribution in [1.29, 1.82) is 0 Å². The van der Waals surface area contributed by atoms with Gasteiger partial charge in [-0.2, -0.15) is 0 Å². The van der Waals surface area contributed by atoms with Gasteiger partial charge in [-0.05, 0) is 130 Å². The van der Waals surface area contributed by atoms with Gasteiger partial charge in [0.25, 0.3) is 0 Å². The third kappa shape index (κ3) is 30.8. The summed E-state index contributed by atoms with van der Waals surface area (Å²) in [6.45, 7) is 7.47. The van der Waals surface area contributed by atoms with Crippen LogP contribution in [0.5, 0.6) is 0 Å². The lowest BCUT2D eigenvalue weighted by Crippen LogP contribution is -2.50. The van der Waals surface area contributed by atoms with Crippen LogP contribution in [0.1, 0.15) is 85.7 Å². The number of rotatable bonds is 51. The van der Waals surface area contributed by atoms with Crippen LogP contribution in [0, 0.1) is 13.8 Å². The zero-order valence-corrected chi connectivity index (χ0v) is 62.4. The van der Waals surface area contributed by atoms with Crippen molar-refractivity contribution in [2.45, 2.75) is 89.4 Å². The van der Waals surface area contributed by atoms with E-state index in [1.54, 1.807) is 36.7 Å². The molecule has 12 N–H and O–H groups in total. The number of hydrogen-bond acceptors (Lipinski definition) is 18. The molecule has 8 rings (SSSR count). The van der Waals surface area contributed by atoms with Crippen LogP contribution in [0.4, 0.5) is 21.2 Å². The molecule has 110 heavy (non-hydrogen) atoms. The van der Waals surface area contributed by atoms with Gasteiger partial charge in [0, 0.05) is 64.5 Å². The molecule has 586 valence electrons. The number of carbonyl (C=O) groups excluding carboxylic acids is 6. The molecule has 0 radical (unpaired) electrons. The number of aryl methyl sites for hydroxylation is 2. The average molecular weight is 1510 g/mol. The lowest BCUT2D eigenvalue weighted by Gasteiger charge is -2.23. The maximum atomic E-state index is 13.9. The Kier molecular flexibility index (Phi) is 36.6. The minimum atomic E-state index is -1.15. The molecule has 2 heterocycles. The summed E-state index contributed by atoms with van der Waals surface area (Å²) in [5.74, 6) is -2.86. The monoisotopic (exact) mass is 1510 g/mol. The molecule has 0 aliphatic rings. The number of carboxylic acid groups (broad SMARTS) is 2. The van der Waals surface area contributed by atoms with E-state index in [0.717, 1.165) is 54.9 Å². The summed E-state index contributed by atoms with van der Waals surface area (Å²) in [5, 5.41) is 52.7. The first kappa shape index (κ1) is 84.5. The molecule has 4 atom stereocenters. The topological polar surface area (TPSA) is 378 Å². The second kappa shape index (κ2) is 47.6. The summed E-state index contributed by atoms with van der Waals surface area (Å²) in [6, 6.07) is 45.6. The first-order valence-electron chi connectivity index (χ1n) is 37.2. The van der Waals surface area contributed by atoms with E-state index < -0.39 is 60.8 Å². The van der Waals surface area contributed by atoms with Crippen molar-refractivity contribution in [3.05, 3.63) is 192 Å². The number of benzene rings is 6. The predicted octanol–water partition coefficient (Wildman–Crippen LogP) is 8.93. The van der Waals surface area contributed by atoms with Gasteiger partial charge in [0.05, 0.1) is 104 Å². The number of urea groups is 2. The first-order valence-corrected chi connectivity index (χ1v) is 37.2. The summed E-state index contributed by atoms with van der Waals surface area (Å²) in [5.41, 5.74) is 7.12. The third-order valence-corrected chi connectivity index (χ3v) is 17.4. The van der Waals surface area contributed by atoms with Gasteiger partial charge in [0.1, 0.15) is 23.7 Å². The molecule has 0 fully saturated rings. The molecule has 0 aliphatic carbocycles. The van der Waals surface area contributed by atoms with Gasteiger partial charge in [-0.3, -0.25) is 28.8 Å². The number of hydrogen-bond donors (Lipinski definition) is 12. The molecule has 2 unspecified atom stereocenters. The number of unbranched alkanes of at least 4 members (excludes halogenated alkanes) is 1. The Hall–Kier alpha value is -11.1. The summed E-state index contributed by atoms with van der Waals surface area (Å²) in [4.78, 5) is 112. The molecular weight excluding hydrogens is 1410 g/mol. The number of anilines is 2. The number of carboxylic acids is 2. The van der Waals surface area contributed by atoms with Gasteiger partial charge in [-0.25, -0.2) is 19.6 Å². The van der Waals surface area contributed by atoms with E-state index in [2.05, 4.69) is 63.1 Å². The fourth-order valence-electron chi connectivity index (χ4n) is 11.8. The molecule has 28 heteroatoms. The third-order valence-electron chi connectivity index (χ3n) is 17.4. The molecule has 2 aromatic heterocycles. The molecule has 0 bridgehead atoms. The van der Waals surface area contributed by atoms with Gasteiger partial charge in [-0.15, -0.1) is 0 Å². The van der Waals surface area contributed by atoms with Gasteiger partial charge >= 0.3 is 24.0 Å². The maximum Gasteiger partial charge on any atom is 0.314 e. The van der Waals surface area contributed by atoms with Gasteiger partial charge in [0.2, 0.25) is 23.6 Å². The number of aliphatic carboxylic acids is 2. The molecular formula is C82H102N12O16. The second-order valence-corrected chi connectivity index (χ2v) is 26.0. The first-order chi connectivity index (χ1) is 53.5. The van der Waals surface area contributed by atoms with Gasteiger partial charge < -0.3 is 91.8 Å². The molecule has 28 nitrogen and oxygen atoms in total. The van der Waals surface area contributed by atoms with E-state index in [4.69, 9.17) is 28.4 Å². The highest BCUT2D eigenvalue weighted by molar-refractivity contribution is 5.98. The molecule has 8 amide bonds. The van der Waals surface area contributed by atoms with Crippen LogP contribution in [0.25, 0.3) is 43.8 Å². The van der Waals surface area contributed by atoms with E-state index in [-0.39, 0.29) is 129 Å². The number of amides is 8. The Morgan fingerprint density at radius 3 is 1.14 bits per heavy atom. The van der Waals surface area contributed by atoms with Gasteiger partial charge in [0.15, 0.2) is 0 Å². The number of nitrogens with one attached hydrogen (secondary N) is 10. The molecule has 0 saturated heterocycles. The van der Waals surface area contributed by atoms with E-state index in [9.17, 15) is 48.6 Å². The van der Waals surface area contributed by atoms with Crippen LogP contribution in [0.15, 0.2) is 170 Å². The van der Waals surface area contributed by atoms with E-state index in [1.165, 1.54) is 0 Å². The standard InChI is InChI=1S/C82H102N12O16/c1-57-31-37-85-73(51-57)83-35-11-21-75(95)91-71(79(101)93-69(53-77(97)98)63-27-23-61(24-28-63)67-19-9-15-59-13-3-5-17-65(59)67)55-109-49-47-107-45-43-105-41-39-89-81(103)87-33-7-8-34-88-82(104)90-40-42-106-44-46-108-48-50-110-56-72(92-76(96)22-12-36-84-74-52-58(2)32-38-86-74)80(102)94-70(54-78(99)100)64-29-25-62(26-30-64)68-20-10-16-60-14-4-6-18-66(60)68/h3-6,9-10,13-20,23-32,37-38,51-52,69-72H,7-8,11-12,21-22,33-36,39-50,53-56H2,1-2H3,(H,83,85)(H,84,86)(H,91,95)(H,92,96)(H,93,101)(H,94,102)(H,97,98)(H,99,100)(H2,87,89,103)(H2,88,90,104)/t69?,70?,71-,72-/m0/s1. The number of aromatic nitrogens is 2. The number of carbonyl (C=O) groups is 8. The number of fused-ring (bicyclic) bond motifs is 2. The lowest BCUT2D eigenvalue weighted by atomic mass is 9.95. The Bertz CT molecular complexity index is 3930. The van der Waals surface area contributed by atoms with Crippen LogP contribution >= 0.6 is 0 Å². The Morgan fingerprint density at radius 2 is 0.745 bits per heavy atom. The minimum absolute atomic E-state index is 0.0769. The second-order valence-electron chi connectivity index (χ2n) is 26.0. The summed E-state index contributed by atoms with van der Waals surface area (Å²) in [6.07, 6.45) is 4.90. The van der Waals surface area contributed by atoms with Crippen molar-refractivity contribution in [3.8, 4) is 22.3 Å². The van der Waals surface area contributed by atoms with E-state index in [1.807, 2.05) is 147 Å². The maximum absolute atomic E-state index is 13.9. The van der Waals surface area contributed by atoms with Crippen LogP contribution in [-0.4, -0.2) is 198 Å². The highest BCUT2D eigenvalue weighted by atomic mass is 16.5. The fraction of sp³-hybridized carbons (Fsp3) is 0.390. The number of nitrogens with zero attached hydrogens (tertiary/aromatic N) is 2. The van der Waals surface area contributed by atoms with Crippen molar-refractivity contribution in [2.24, 2.45) is 0 Å². The Balaban J connectivity index is 0.638. The van der Waals surface area contributed by atoms with Crippen LogP contribution in [0.2, 0.25) is 0 Å². The van der Waals surface area contributed by atoms with E-state index in [0.29, 0.717) is 74.6 Å². The van der Waals surface area contributed by atoms with Crippen molar-refractivity contribution in [3.63, 3.8) is 0 Å². The fourth-order valence-corrected chi connectivity index (χ4v) is 11.8. The highest BCUT2D eigenvalue weighted by Crippen LogP contribution is 2.32. The smallest absolute Gasteiger partial charge is 0.314 e. The quantitative estimate of drug-likeness (QED) is 0.0158. The van der Waals surface area contributed by atoms with Crippen molar-refractivity contribution >= 4 is 80.8 Å². The van der Waals surface area contributed by atoms with Crippen molar-refractivity contribution in [2.75, 3.05) is 129 Å². The molecule has 6 aromatic carbocycles. The number of pyridine rings is 2. The largest absolute Gasteiger partial charge is 0.481 e. The predicted molar refractivity (Wildman–Crippen MR) is 419 cm³/mol. The van der Waals surface area contributed by atoms with Crippen LogP contribution in [-0.2, 0) is 57.2 Å². The summed E-state index contributed by atoms with van der Waals surface area (Å²) >= 11 is 0. The molecule has 8 aromatic rings. The van der Waals surface area contributed by atoms with Gasteiger partial charge in [-0.1, -0.05) is 133 Å². The van der Waals surface area contributed by atoms with Crippen LogP contribution in [0.3, 0.4) is 0 Å². The zero-order valence-electron chi connectivity index (χ0n) is 62.4. The Morgan fingerprint density at radius 1 is 0.382 bits per heavy atom. The zero-order chi connectivity index (χ0) is 77.9. The minimum Gasteiger partial charge on any atom is -0.481 e. The molecule has 0 spiro atoms. The Labute approximate surface area is 640 Å². The molecule has 0 saturated carbocycles. The van der Waals surface area contributed by atoms with Crippen molar-refractivity contribution < 1.29 is 77.0 Å².